The van der Waals surface area contributed by atoms with Crippen LogP contribution in [-0.2, 0) is 6.54 Å². The van der Waals surface area contributed by atoms with E-state index in [1.165, 1.54) is 0 Å². The Morgan fingerprint density at radius 3 is 2.52 bits per heavy atom. The number of rotatable bonds is 1. The van der Waals surface area contributed by atoms with E-state index in [2.05, 4.69) is 10.2 Å². The van der Waals surface area contributed by atoms with Gasteiger partial charge in [-0.2, -0.15) is 0 Å². The Morgan fingerprint density at radius 1 is 0.957 bits per heavy atom. The van der Waals surface area contributed by atoms with E-state index in [9.17, 15) is 4.79 Å². The number of benzene rings is 2. The van der Waals surface area contributed by atoms with Crippen molar-refractivity contribution in [3.05, 3.63) is 58.9 Å². The lowest BCUT2D eigenvalue weighted by molar-refractivity contribution is 0.725. The van der Waals surface area contributed by atoms with Crippen LogP contribution in [0.5, 0.6) is 0 Å². The molecule has 0 atom stereocenters. The van der Waals surface area contributed by atoms with Crippen LogP contribution in [0.3, 0.4) is 0 Å². The fourth-order valence-electron chi connectivity index (χ4n) is 3.28. The lowest BCUT2D eigenvalue weighted by atomic mass is 10.2. The van der Waals surface area contributed by atoms with Crippen molar-refractivity contribution in [2.24, 2.45) is 0 Å². The van der Waals surface area contributed by atoms with Gasteiger partial charge in [0.15, 0.2) is 5.65 Å². The van der Waals surface area contributed by atoms with Crippen LogP contribution in [0.2, 0.25) is 0 Å². The zero-order valence-electron chi connectivity index (χ0n) is 12.5. The van der Waals surface area contributed by atoms with Gasteiger partial charge < -0.3 is 0 Å². The molecule has 0 aliphatic heterocycles. The zero-order chi connectivity index (χ0) is 15.6. The summed E-state index contributed by atoms with van der Waals surface area (Å²) in [5.41, 5.74) is 2.61. The van der Waals surface area contributed by atoms with Crippen molar-refractivity contribution in [3.63, 3.8) is 0 Å². The quantitative estimate of drug-likeness (QED) is 0.478. The third-order valence-corrected chi connectivity index (χ3v) is 4.31. The third kappa shape index (κ3) is 1.45. The minimum atomic E-state index is -0.0202. The Labute approximate surface area is 130 Å². The van der Waals surface area contributed by atoms with Gasteiger partial charge in [-0.3, -0.25) is 13.8 Å². The first-order chi connectivity index (χ1) is 11.3. The first-order valence-electron chi connectivity index (χ1n) is 7.57. The molecule has 0 aliphatic rings. The van der Waals surface area contributed by atoms with Gasteiger partial charge in [0.1, 0.15) is 0 Å². The monoisotopic (exact) mass is 303 g/mol. The summed E-state index contributed by atoms with van der Waals surface area (Å²) < 4.78 is 5.33. The third-order valence-electron chi connectivity index (χ3n) is 4.31. The predicted molar refractivity (Wildman–Crippen MR) is 88.9 cm³/mol. The Hall–Kier alpha value is -3.15. The number of hydrogen-bond donors (Lipinski definition) is 0. The van der Waals surface area contributed by atoms with E-state index in [1.54, 1.807) is 9.20 Å². The molecule has 0 N–H and O–H groups in total. The Kier molecular flexibility index (Phi) is 2.26. The Balaban J connectivity index is 2.19. The van der Waals surface area contributed by atoms with Crippen LogP contribution in [0.25, 0.3) is 33.2 Å². The van der Waals surface area contributed by atoms with Crippen LogP contribution in [0.15, 0.2) is 53.3 Å². The van der Waals surface area contributed by atoms with Crippen LogP contribution in [-0.4, -0.2) is 23.8 Å². The van der Waals surface area contributed by atoms with Crippen molar-refractivity contribution in [2.75, 3.05) is 0 Å². The molecule has 0 radical (unpaired) electrons. The molecule has 3 heterocycles. The highest BCUT2D eigenvalue weighted by molar-refractivity contribution is 5.95. The summed E-state index contributed by atoms with van der Waals surface area (Å²) in [6, 6.07) is 15.6. The van der Waals surface area contributed by atoms with Gasteiger partial charge >= 0.3 is 0 Å². The first kappa shape index (κ1) is 12.4. The molecule has 0 saturated carbocycles. The highest BCUT2D eigenvalue weighted by atomic mass is 16.1. The van der Waals surface area contributed by atoms with E-state index >= 15 is 0 Å². The summed E-state index contributed by atoms with van der Waals surface area (Å²) in [5, 5.41) is 10.8. The SMILES string of the molecule is CCn1c(=O)c2ccccc2n2c1nn1nc3ccccc3c12. The topological polar surface area (TPSA) is 56.6 Å². The van der Waals surface area contributed by atoms with E-state index in [0.29, 0.717) is 17.7 Å². The minimum absolute atomic E-state index is 0.0202. The van der Waals surface area contributed by atoms with Crippen LogP contribution in [0, 0.1) is 0 Å². The van der Waals surface area contributed by atoms with Gasteiger partial charge in [-0.15, -0.1) is 14.8 Å². The van der Waals surface area contributed by atoms with Gasteiger partial charge in [0.05, 0.1) is 16.4 Å². The molecule has 0 fully saturated rings. The van der Waals surface area contributed by atoms with Crippen molar-refractivity contribution in [1.82, 2.24) is 23.8 Å². The molecular weight excluding hydrogens is 290 g/mol. The second kappa shape index (κ2) is 4.19. The molecule has 0 bridgehead atoms. The lowest BCUT2D eigenvalue weighted by Gasteiger charge is -2.08. The molecule has 23 heavy (non-hydrogen) atoms. The highest BCUT2D eigenvalue weighted by Gasteiger charge is 2.17. The van der Waals surface area contributed by atoms with Gasteiger partial charge in [0.25, 0.3) is 5.56 Å². The van der Waals surface area contributed by atoms with Gasteiger partial charge in [0.2, 0.25) is 5.78 Å². The van der Waals surface area contributed by atoms with E-state index in [4.69, 9.17) is 0 Å². The number of nitrogens with zero attached hydrogens (tertiary/aromatic N) is 5. The average Bonchev–Trinajstić information content (AvgIpc) is 3.11. The fraction of sp³-hybridized carbons (Fsp3) is 0.118. The normalized spacial score (nSPS) is 12.0. The molecule has 0 amide bonds. The van der Waals surface area contributed by atoms with E-state index < -0.39 is 0 Å². The first-order valence-corrected chi connectivity index (χ1v) is 7.57. The van der Waals surface area contributed by atoms with Crippen molar-refractivity contribution in [2.45, 2.75) is 13.5 Å². The molecule has 0 unspecified atom stereocenters. The molecule has 5 rings (SSSR count). The van der Waals surface area contributed by atoms with E-state index in [1.807, 2.05) is 59.9 Å². The molecular formula is C17H13N5O. The Morgan fingerprint density at radius 2 is 1.70 bits per heavy atom. The average molecular weight is 303 g/mol. The standard InChI is InChI=1S/C17H13N5O/c1-2-20-16(23)12-8-4-6-10-14(12)21-15-11-7-3-5-9-13(11)18-22(15)19-17(20)21/h3-10H,2H2,1H3. The van der Waals surface area contributed by atoms with E-state index in [-0.39, 0.29) is 5.56 Å². The molecule has 112 valence electrons. The van der Waals surface area contributed by atoms with Crippen LogP contribution >= 0.6 is 0 Å². The molecule has 6 heteroatoms. The molecule has 2 aromatic carbocycles. The summed E-state index contributed by atoms with van der Waals surface area (Å²) in [5.74, 6) is 0.615. The molecule has 5 aromatic rings. The number of aromatic nitrogens is 5. The summed E-state index contributed by atoms with van der Waals surface area (Å²) in [6.07, 6.45) is 0. The summed E-state index contributed by atoms with van der Waals surface area (Å²) >= 11 is 0. The summed E-state index contributed by atoms with van der Waals surface area (Å²) in [4.78, 5) is 12.7. The lowest BCUT2D eigenvalue weighted by Crippen LogP contribution is -2.22. The van der Waals surface area contributed by atoms with Gasteiger partial charge in [-0.25, -0.2) is 0 Å². The number of hydrogen-bond acceptors (Lipinski definition) is 3. The van der Waals surface area contributed by atoms with Gasteiger partial charge in [0, 0.05) is 11.9 Å². The minimum Gasteiger partial charge on any atom is -0.277 e. The predicted octanol–water partition coefficient (Wildman–Crippen LogP) is 2.47. The molecule has 0 spiro atoms. The number of para-hydroxylation sites is 1. The molecule has 0 saturated heterocycles. The molecule has 3 aromatic heterocycles. The second-order valence-corrected chi connectivity index (χ2v) is 5.53. The fourth-order valence-corrected chi connectivity index (χ4v) is 3.28. The summed E-state index contributed by atoms with van der Waals surface area (Å²) in [7, 11) is 0. The zero-order valence-corrected chi connectivity index (χ0v) is 12.5. The van der Waals surface area contributed by atoms with Crippen LogP contribution < -0.4 is 5.56 Å². The van der Waals surface area contributed by atoms with Crippen LogP contribution in [0.4, 0.5) is 0 Å². The van der Waals surface area contributed by atoms with Crippen LogP contribution in [0.1, 0.15) is 6.92 Å². The van der Waals surface area contributed by atoms with Crippen molar-refractivity contribution >= 4 is 33.2 Å². The highest BCUT2D eigenvalue weighted by Crippen LogP contribution is 2.23. The Bertz CT molecular complexity index is 1270. The smallest absolute Gasteiger partial charge is 0.262 e. The van der Waals surface area contributed by atoms with Crippen molar-refractivity contribution in [3.8, 4) is 0 Å². The van der Waals surface area contributed by atoms with E-state index in [0.717, 1.165) is 22.1 Å². The summed E-state index contributed by atoms with van der Waals surface area (Å²) in [6.45, 7) is 2.51. The maximum Gasteiger partial charge on any atom is 0.262 e. The van der Waals surface area contributed by atoms with Gasteiger partial charge in [-0.1, -0.05) is 24.3 Å². The molecule has 6 nitrogen and oxygen atoms in total. The number of fused-ring (bicyclic) bond motifs is 7. The maximum atomic E-state index is 12.7. The second-order valence-electron chi connectivity index (χ2n) is 5.53. The van der Waals surface area contributed by atoms with Gasteiger partial charge in [-0.05, 0) is 31.2 Å². The number of aryl methyl sites for hydroxylation is 1. The maximum absolute atomic E-state index is 12.7. The van der Waals surface area contributed by atoms with Crippen molar-refractivity contribution in [1.29, 1.82) is 0 Å². The molecule has 0 aliphatic carbocycles. The van der Waals surface area contributed by atoms with Crippen molar-refractivity contribution < 1.29 is 0 Å². The largest absolute Gasteiger partial charge is 0.277 e.